The molecule has 166 valence electrons. The number of hydrazone groups is 1. The maximum atomic E-state index is 12.9. The Morgan fingerprint density at radius 3 is 2.65 bits per heavy atom. The molecular weight excluding hydrogens is 462 g/mol. The molecule has 0 bridgehead atoms. The average Bonchev–Trinajstić information content (AvgIpc) is 3.58. The molecule has 0 atom stereocenters. The normalized spacial score (nSPS) is 16.8. The third-order valence-electron chi connectivity index (χ3n) is 5.72. The molecule has 6 rings (SSSR count). The van der Waals surface area contributed by atoms with Gasteiger partial charge in [-0.25, -0.2) is 0 Å². The number of nitrogens with one attached hydrogen (secondary N) is 1. The van der Waals surface area contributed by atoms with Gasteiger partial charge in [0.25, 0.3) is 5.91 Å². The van der Waals surface area contributed by atoms with Crippen LogP contribution < -0.4 is 0 Å². The SMILES string of the molecule is N=C1/C(=C/c2cn(Cc3ccccc3)c3ccccc23)C(=O)N=C2SC(Cc3cccs3)=NN12. The minimum absolute atomic E-state index is 0.0589. The number of fused-ring (bicyclic) bond motifs is 2. The van der Waals surface area contributed by atoms with Crippen LogP contribution >= 0.6 is 23.1 Å². The Kier molecular flexibility index (Phi) is 5.24. The molecule has 8 heteroatoms. The molecule has 6 nitrogen and oxygen atoms in total. The summed E-state index contributed by atoms with van der Waals surface area (Å²) in [6.45, 7) is 0.720. The largest absolute Gasteiger partial charge is 0.342 e. The molecule has 0 unspecified atom stereocenters. The quantitative estimate of drug-likeness (QED) is 0.376. The summed E-state index contributed by atoms with van der Waals surface area (Å²) in [6.07, 6.45) is 4.48. The second kappa shape index (κ2) is 8.55. The number of hydrogen-bond donors (Lipinski definition) is 1. The number of para-hydroxylation sites is 1. The Morgan fingerprint density at radius 2 is 1.82 bits per heavy atom. The van der Waals surface area contributed by atoms with Crippen LogP contribution in [0.15, 0.2) is 94.0 Å². The highest BCUT2D eigenvalue weighted by molar-refractivity contribution is 8.27. The lowest BCUT2D eigenvalue weighted by Crippen LogP contribution is -2.35. The molecule has 0 saturated carbocycles. The van der Waals surface area contributed by atoms with E-state index in [0.717, 1.165) is 28.1 Å². The van der Waals surface area contributed by atoms with Crippen LogP contribution in [0, 0.1) is 5.41 Å². The van der Waals surface area contributed by atoms with Crippen molar-refractivity contribution < 1.29 is 4.79 Å². The molecule has 1 N–H and O–H groups in total. The lowest BCUT2D eigenvalue weighted by molar-refractivity contribution is -0.114. The van der Waals surface area contributed by atoms with E-state index in [1.807, 2.05) is 54.0 Å². The number of amidine groups is 2. The van der Waals surface area contributed by atoms with Crippen molar-refractivity contribution in [3.05, 3.63) is 99.9 Å². The fourth-order valence-electron chi connectivity index (χ4n) is 4.12. The number of thioether (sulfide) groups is 1. The third kappa shape index (κ3) is 3.81. The van der Waals surface area contributed by atoms with Crippen LogP contribution in [0.3, 0.4) is 0 Å². The van der Waals surface area contributed by atoms with Gasteiger partial charge in [-0.3, -0.25) is 10.2 Å². The standard InChI is InChI=1S/C26H19N5OS2/c27-24-21(25(32)28-26-31(24)29-23(34-26)14-19-9-6-12-33-19)13-18-16-30(15-17-7-2-1-3-8-17)22-11-5-4-10-20(18)22/h1-13,16,27H,14-15H2/b21-13-,27-24?. The number of aromatic nitrogens is 1. The zero-order chi connectivity index (χ0) is 23.1. The number of hydrogen-bond acceptors (Lipinski definition) is 5. The molecule has 0 spiro atoms. The monoisotopic (exact) mass is 481 g/mol. The fraction of sp³-hybridized carbons (Fsp3) is 0.0769. The summed E-state index contributed by atoms with van der Waals surface area (Å²) in [7, 11) is 0. The van der Waals surface area contributed by atoms with Gasteiger partial charge in [-0.05, 0) is 40.9 Å². The first-order chi connectivity index (χ1) is 16.7. The summed E-state index contributed by atoms with van der Waals surface area (Å²) in [5.41, 5.74) is 3.39. The average molecular weight is 482 g/mol. The summed E-state index contributed by atoms with van der Waals surface area (Å²) < 4.78 is 2.17. The van der Waals surface area contributed by atoms with Gasteiger partial charge in [0.15, 0.2) is 5.84 Å². The van der Waals surface area contributed by atoms with Gasteiger partial charge in [-0.2, -0.15) is 15.1 Å². The van der Waals surface area contributed by atoms with Gasteiger partial charge < -0.3 is 4.57 Å². The molecular formula is C26H19N5OS2. The maximum absolute atomic E-state index is 12.9. The first kappa shape index (κ1) is 20.8. The zero-order valence-corrected chi connectivity index (χ0v) is 19.6. The number of thiophene rings is 1. The van der Waals surface area contributed by atoms with Crippen LogP contribution in [0.25, 0.3) is 17.0 Å². The number of aliphatic imine (C=N–C) groups is 1. The van der Waals surface area contributed by atoms with E-state index < -0.39 is 5.91 Å². The minimum Gasteiger partial charge on any atom is -0.342 e. The second-order valence-corrected chi connectivity index (χ2v) is 10.1. The van der Waals surface area contributed by atoms with E-state index in [2.05, 4.69) is 38.9 Å². The van der Waals surface area contributed by atoms with E-state index in [9.17, 15) is 4.79 Å². The highest BCUT2D eigenvalue weighted by Gasteiger charge is 2.35. The Hall–Kier alpha value is -3.75. The van der Waals surface area contributed by atoms with Gasteiger partial charge in [0.2, 0.25) is 5.17 Å². The topological polar surface area (TPSA) is 73.8 Å². The van der Waals surface area contributed by atoms with Gasteiger partial charge in [0.05, 0.1) is 5.57 Å². The second-order valence-electron chi connectivity index (χ2n) is 7.98. The van der Waals surface area contributed by atoms with Gasteiger partial charge in [0.1, 0.15) is 5.04 Å². The maximum Gasteiger partial charge on any atom is 0.283 e. The van der Waals surface area contributed by atoms with Crippen LogP contribution in [0.1, 0.15) is 16.0 Å². The molecule has 1 amide bonds. The van der Waals surface area contributed by atoms with Crippen molar-refractivity contribution in [1.82, 2.24) is 9.58 Å². The molecule has 0 radical (unpaired) electrons. The van der Waals surface area contributed by atoms with Gasteiger partial charge >= 0.3 is 0 Å². The zero-order valence-electron chi connectivity index (χ0n) is 18.0. The Bertz CT molecular complexity index is 1510. The number of benzene rings is 2. The molecule has 4 heterocycles. The molecule has 2 aliphatic rings. The summed E-state index contributed by atoms with van der Waals surface area (Å²) in [5, 5.41) is 19.1. The third-order valence-corrected chi connectivity index (χ3v) is 7.50. The lowest BCUT2D eigenvalue weighted by Gasteiger charge is -2.20. The van der Waals surface area contributed by atoms with Crippen LogP contribution in [0.2, 0.25) is 0 Å². The number of amides is 1. The molecule has 0 saturated heterocycles. The van der Waals surface area contributed by atoms with Gasteiger partial charge in [-0.15, -0.1) is 11.3 Å². The highest BCUT2D eigenvalue weighted by Crippen LogP contribution is 2.31. The van der Waals surface area contributed by atoms with E-state index >= 15 is 0 Å². The molecule has 0 aliphatic carbocycles. The van der Waals surface area contributed by atoms with E-state index in [1.54, 1.807) is 17.4 Å². The molecule has 2 aromatic heterocycles. The van der Waals surface area contributed by atoms with E-state index in [4.69, 9.17) is 5.41 Å². The first-order valence-corrected chi connectivity index (χ1v) is 12.5. The van der Waals surface area contributed by atoms with E-state index in [0.29, 0.717) is 11.6 Å². The number of rotatable bonds is 5. The van der Waals surface area contributed by atoms with Crippen molar-refractivity contribution in [2.75, 3.05) is 0 Å². The van der Waals surface area contributed by atoms with Crippen molar-refractivity contribution in [3.8, 4) is 0 Å². The number of carbonyl (C=O) groups is 1. The summed E-state index contributed by atoms with van der Waals surface area (Å²) in [4.78, 5) is 18.3. The number of carbonyl (C=O) groups excluding carboxylic acids is 1. The van der Waals surface area contributed by atoms with Crippen molar-refractivity contribution >= 4 is 62.0 Å². The summed E-state index contributed by atoms with van der Waals surface area (Å²) in [5.74, 6) is -0.347. The van der Waals surface area contributed by atoms with Gasteiger partial charge in [-0.1, -0.05) is 54.6 Å². The number of nitrogens with zero attached hydrogens (tertiary/aromatic N) is 4. The minimum atomic E-state index is -0.406. The molecule has 2 aliphatic heterocycles. The molecule has 34 heavy (non-hydrogen) atoms. The molecule has 2 aromatic carbocycles. The molecule has 0 fully saturated rings. The van der Waals surface area contributed by atoms with Crippen molar-refractivity contribution in [2.45, 2.75) is 13.0 Å². The predicted molar refractivity (Wildman–Crippen MR) is 141 cm³/mol. The van der Waals surface area contributed by atoms with Crippen molar-refractivity contribution in [1.29, 1.82) is 5.41 Å². The Morgan fingerprint density at radius 1 is 1.00 bits per heavy atom. The Balaban J connectivity index is 1.35. The van der Waals surface area contributed by atoms with Gasteiger partial charge in [0, 0.05) is 40.5 Å². The van der Waals surface area contributed by atoms with Crippen molar-refractivity contribution in [3.63, 3.8) is 0 Å². The van der Waals surface area contributed by atoms with Crippen LogP contribution in [0.5, 0.6) is 0 Å². The van der Waals surface area contributed by atoms with Crippen molar-refractivity contribution in [2.24, 2.45) is 10.1 Å². The smallest absolute Gasteiger partial charge is 0.283 e. The highest BCUT2D eigenvalue weighted by atomic mass is 32.2. The Labute approximate surface area is 204 Å². The summed E-state index contributed by atoms with van der Waals surface area (Å²) in [6, 6.07) is 22.4. The summed E-state index contributed by atoms with van der Waals surface area (Å²) >= 11 is 3.02. The first-order valence-electron chi connectivity index (χ1n) is 10.8. The van der Waals surface area contributed by atoms with Crippen LogP contribution in [-0.4, -0.2) is 31.5 Å². The lowest BCUT2D eigenvalue weighted by atomic mass is 10.1. The fourth-order valence-corrected chi connectivity index (χ4v) is 5.83. The molecule has 4 aromatic rings. The van der Waals surface area contributed by atoms with E-state index in [-0.39, 0.29) is 11.4 Å². The van der Waals surface area contributed by atoms with Crippen LogP contribution in [0.4, 0.5) is 0 Å². The predicted octanol–water partition coefficient (Wildman–Crippen LogP) is 5.61. The van der Waals surface area contributed by atoms with E-state index in [1.165, 1.54) is 27.2 Å². The van der Waals surface area contributed by atoms with Crippen LogP contribution in [-0.2, 0) is 17.8 Å².